The number of nitrogens with zero attached hydrogens (tertiary/aromatic N) is 2. The number of nitrogens with one attached hydrogen (secondary N) is 2. The molecular formula is C21H30N4OS. The lowest BCUT2D eigenvalue weighted by Gasteiger charge is -2.27. The molecule has 6 heteroatoms. The van der Waals surface area contributed by atoms with Crippen LogP contribution in [0.1, 0.15) is 21.6 Å². The fourth-order valence-electron chi connectivity index (χ4n) is 3.47. The van der Waals surface area contributed by atoms with Gasteiger partial charge in [-0.2, -0.15) is 0 Å². The molecule has 1 aliphatic rings. The number of hydrogen-bond donors (Lipinski definition) is 2. The monoisotopic (exact) mass is 386 g/mol. The van der Waals surface area contributed by atoms with Crippen LogP contribution in [0, 0.1) is 6.92 Å². The number of fused-ring (bicyclic) bond motifs is 1. The fraction of sp³-hybridized carbons (Fsp3) is 0.476. The Morgan fingerprint density at radius 2 is 2.11 bits per heavy atom. The van der Waals surface area contributed by atoms with Gasteiger partial charge in [-0.25, -0.2) is 0 Å². The quantitative estimate of drug-likeness (QED) is 0.568. The Bertz CT molecular complexity index is 771. The zero-order chi connectivity index (χ0) is 19.1. The first-order valence-electron chi connectivity index (χ1n) is 9.55. The van der Waals surface area contributed by atoms with E-state index in [-0.39, 0.29) is 0 Å². The number of benzene rings is 1. The van der Waals surface area contributed by atoms with Crippen molar-refractivity contribution < 1.29 is 4.74 Å². The van der Waals surface area contributed by atoms with E-state index in [4.69, 9.17) is 4.74 Å². The maximum absolute atomic E-state index is 5.46. The van der Waals surface area contributed by atoms with Gasteiger partial charge >= 0.3 is 0 Å². The van der Waals surface area contributed by atoms with Crippen LogP contribution >= 0.6 is 11.3 Å². The molecule has 1 aromatic carbocycles. The zero-order valence-electron chi connectivity index (χ0n) is 16.5. The molecule has 2 aromatic rings. The summed E-state index contributed by atoms with van der Waals surface area (Å²) in [5, 5.41) is 9.04. The van der Waals surface area contributed by atoms with Crippen LogP contribution in [-0.2, 0) is 19.4 Å². The minimum Gasteiger partial charge on any atom is -0.496 e. The predicted molar refractivity (Wildman–Crippen MR) is 114 cm³/mol. The van der Waals surface area contributed by atoms with E-state index in [0.717, 1.165) is 50.9 Å². The van der Waals surface area contributed by atoms with E-state index in [1.54, 1.807) is 12.0 Å². The van der Waals surface area contributed by atoms with E-state index in [0.29, 0.717) is 0 Å². The van der Waals surface area contributed by atoms with Crippen LogP contribution in [0.4, 0.5) is 0 Å². The summed E-state index contributed by atoms with van der Waals surface area (Å²) in [6.45, 7) is 7.07. The number of aryl methyl sites for hydroxylation is 1. The molecule has 5 nitrogen and oxygen atoms in total. The number of hydrogen-bond acceptors (Lipinski definition) is 4. The normalized spacial score (nSPS) is 14.7. The predicted octanol–water partition coefficient (Wildman–Crippen LogP) is 2.83. The van der Waals surface area contributed by atoms with E-state index in [9.17, 15) is 0 Å². The zero-order valence-corrected chi connectivity index (χ0v) is 17.4. The third kappa shape index (κ3) is 5.47. The molecule has 0 bridgehead atoms. The molecule has 0 fully saturated rings. The fourth-order valence-corrected chi connectivity index (χ4v) is 4.36. The number of thiophene rings is 1. The molecule has 1 aromatic heterocycles. The van der Waals surface area contributed by atoms with Gasteiger partial charge in [-0.3, -0.25) is 9.89 Å². The van der Waals surface area contributed by atoms with Crippen LogP contribution in [0.3, 0.4) is 0 Å². The van der Waals surface area contributed by atoms with Gasteiger partial charge in [-0.1, -0.05) is 17.7 Å². The third-order valence-corrected chi connectivity index (χ3v) is 5.98. The Morgan fingerprint density at radius 3 is 2.93 bits per heavy atom. The second kappa shape index (κ2) is 9.76. The lowest BCUT2D eigenvalue weighted by molar-refractivity contribution is 0.260. The SMILES string of the molecule is CN=C(NCCc1cc(C)ccc1OC)NCCN1CCc2sccc2C1. The van der Waals surface area contributed by atoms with Crippen molar-refractivity contribution in [2.24, 2.45) is 4.99 Å². The number of methoxy groups -OCH3 is 1. The second-order valence-electron chi connectivity index (χ2n) is 6.89. The molecule has 2 heterocycles. The smallest absolute Gasteiger partial charge is 0.191 e. The largest absolute Gasteiger partial charge is 0.496 e. The van der Waals surface area contributed by atoms with Crippen molar-refractivity contribution in [1.29, 1.82) is 0 Å². The molecule has 0 spiro atoms. The maximum Gasteiger partial charge on any atom is 0.191 e. The highest BCUT2D eigenvalue weighted by molar-refractivity contribution is 7.10. The number of ether oxygens (including phenoxy) is 1. The first-order valence-corrected chi connectivity index (χ1v) is 10.4. The van der Waals surface area contributed by atoms with Gasteiger partial charge in [0.25, 0.3) is 0 Å². The van der Waals surface area contributed by atoms with Gasteiger partial charge in [0.2, 0.25) is 0 Å². The van der Waals surface area contributed by atoms with E-state index in [1.165, 1.54) is 23.1 Å². The number of guanidine groups is 1. The van der Waals surface area contributed by atoms with Gasteiger partial charge in [0, 0.05) is 44.6 Å². The van der Waals surface area contributed by atoms with Crippen LogP contribution in [-0.4, -0.2) is 51.2 Å². The summed E-state index contributed by atoms with van der Waals surface area (Å²) >= 11 is 1.89. The van der Waals surface area contributed by atoms with Gasteiger partial charge in [-0.15, -0.1) is 11.3 Å². The molecule has 27 heavy (non-hydrogen) atoms. The van der Waals surface area contributed by atoms with Crippen molar-refractivity contribution in [3.63, 3.8) is 0 Å². The summed E-state index contributed by atoms with van der Waals surface area (Å²) in [7, 11) is 3.54. The Balaban J connectivity index is 1.39. The maximum atomic E-state index is 5.46. The van der Waals surface area contributed by atoms with Crippen LogP contribution in [0.5, 0.6) is 5.75 Å². The van der Waals surface area contributed by atoms with E-state index < -0.39 is 0 Å². The first kappa shape index (κ1) is 19.7. The van der Waals surface area contributed by atoms with Crippen molar-refractivity contribution in [3.05, 3.63) is 51.2 Å². The van der Waals surface area contributed by atoms with Crippen molar-refractivity contribution in [2.45, 2.75) is 26.3 Å². The Morgan fingerprint density at radius 1 is 1.26 bits per heavy atom. The van der Waals surface area contributed by atoms with Crippen LogP contribution in [0.15, 0.2) is 34.6 Å². The highest BCUT2D eigenvalue weighted by atomic mass is 32.1. The van der Waals surface area contributed by atoms with E-state index in [2.05, 4.69) is 51.0 Å². The molecule has 146 valence electrons. The lowest BCUT2D eigenvalue weighted by atomic mass is 10.1. The topological polar surface area (TPSA) is 48.9 Å². The molecule has 2 N–H and O–H groups in total. The first-order chi connectivity index (χ1) is 13.2. The molecule has 0 saturated heterocycles. The molecule has 1 aliphatic heterocycles. The summed E-state index contributed by atoms with van der Waals surface area (Å²) in [6.07, 6.45) is 2.08. The number of rotatable bonds is 7. The van der Waals surface area contributed by atoms with E-state index >= 15 is 0 Å². The third-order valence-electron chi connectivity index (χ3n) is 4.95. The van der Waals surface area contributed by atoms with Gasteiger partial charge in [0.1, 0.15) is 5.75 Å². The van der Waals surface area contributed by atoms with Crippen molar-refractivity contribution in [2.75, 3.05) is 40.3 Å². The van der Waals surface area contributed by atoms with Gasteiger partial charge in [0.15, 0.2) is 5.96 Å². The Hall–Kier alpha value is -2.05. The molecule has 0 amide bonds. The molecule has 3 rings (SSSR count). The molecule has 0 radical (unpaired) electrons. The lowest BCUT2D eigenvalue weighted by Crippen LogP contribution is -2.43. The average Bonchev–Trinajstić information content (AvgIpc) is 3.15. The van der Waals surface area contributed by atoms with Crippen molar-refractivity contribution in [1.82, 2.24) is 15.5 Å². The molecule has 0 saturated carbocycles. The Labute approximate surface area is 166 Å². The summed E-state index contributed by atoms with van der Waals surface area (Å²) in [5.74, 6) is 1.80. The molecule has 0 unspecified atom stereocenters. The summed E-state index contributed by atoms with van der Waals surface area (Å²) in [5.41, 5.74) is 3.98. The minimum atomic E-state index is 0.821. The van der Waals surface area contributed by atoms with Crippen molar-refractivity contribution in [3.8, 4) is 5.75 Å². The highest BCUT2D eigenvalue weighted by Crippen LogP contribution is 2.23. The molecular weight excluding hydrogens is 356 g/mol. The minimum absolute atomic E-state index is 0.821. The summed E-state index contributed by atoms with van der Waals surface area (Å²) < 4.78 is 5.46. The second-order valence-corrected chi connectivity index (χ2v) is 7.89. The van der Waals surface area contributed by atoms with Crippen LogP contribution in [0.25, 0.3) is 0 Å². The van der Waals surface area contributed by atoms with Gasteiger partial charge in [-0.05, 0) is 48.4 Å². The standard InChI is InChI=1S/C21H30N4OS/c1-16-4-5-19(26-3)17(14-16)6-9-23-21(22-2)24-10-12-25-11-7-20-18(15-25)8-13-27-20/h4-5,8,13-14H,6-7,9-12,15H2,1-3H3,(H2,22,23,24). The molecule has 0 aliphatic carbocycles. The average molecular weight is 387 g/mol. The highest BCUT2D eigenvalue weighted by Gasteiger charge is 2.16. The van der Waals surface area contributed by atoms with Gasteiger partial charge in [0.05, 0.1) is 7.11 Å². The van der Waals surface area contributed by atoms with Gasteiger partial charge < -0.3 is 15.4 Å². The van der Waals surface area contributed by atoms with Crippen molar-refractivity contribution >= 4 is 17.3 Å². The van der Waals surface area contributed by atoms with E-state index in [1.807, 2.05) is 24.5 Å². The summed E-state index contributed by atoms with van der Waals surface area (Å²) in [4.78, 5) is 8.40. The molecule has 0 atom stereocenters. The number of aliphatic imine (C=N–C) groups is 1. The van der Waals surface area contributed by atoms with Crippen LogP contribution < -0.4 is 15.4 Å². The van der Waals surface area contributed by atoms with Crippen LogP contribution in [0.2, 0.25) is 0 Å². The Kier molecular flexibility index (Phi) is 7.12. The summed E-state index contributed by atoms with van der Waals surface area (Å²) in [6, 6.07) is 8.57.